The zero-order valence-electron chi connectivity index (χ0n) is 13.0. The number of nitrogens with zero attached hydrogens (tertiary/aromatic N) is 1. The maximum Gasteiger partial charge on any atom is 0.0299 e. The molecular weight excluding hydrogens is 264 g/mol. The Morgan fingerprint density at radius 2 is 1.85 bits per heavy atom. The molecule has 3 heteroatoms. The molecule has 0 spiro atoms. The molecule has 2 aliphatic rings. The van der Waals surface area contributed by atoms with Crippen LogP contribution in [0.3, 0.4) is 0 Å². The summed E-state index contributed by atoms with van der Waals surface area (Å²) in [5.41, 5.74) is 1.57. The number of rotatable bonds is 9. The van der Waals surface area contributed by atoms with Crippen molar-refractivity contribution in [3.63, 3.8) is 0 Å². The third kappa shape index (κ3) is 4.31. The van der Waals surface area contributed by atoms with E-state index < -0.39 is 0 Å². The van der Waals surface area contributed by atoms with E-state index in [4.69, 9.17) is 0 Å². The van der Waals surface area contributed by atoms with Crippen molar-refractivity contribution in [3.05, 3.63) is 21.4 Å². The summed E-state index contributed by atoms with van der Waals surface area (Å²) in [5, 5.41) is 3.44. The van der Waals surface area contributed by atoms with Crippen molar-refractivity contribution >= 4 is 11.3 Å². The Labute approximate surface area is 127 Å². The summed E-state index contributed by atoms with van der Waals surface area (Å²) in [7, 11) is 0. The number of thiophene rings is 1. The van der Waals surface area contributed by atoms with Crippen LogP contribution in [0.1, 0.15) is 47.9 Å². The normalized spacial score (nSPS) is 18.9. The second-order valence-electron chi connectivity index (χ2n) is 6.66. The zero-order valence-corrected chi connectivity index (χ0v) is 13.8. The lowest BCUT2D eigenvalue weighted by Gasteiger charge is -2.22. The van der Waals surface area contributed by atoms with Crippen molar-refractivity contribution in [2.75, 3.05) is 19.6 Å². The van der Waals surface area contributed by atoms with E-state index in [9.17, 15) is 0 Å². The van der Waals surface area contributed by atoms with Gasteiger partial charge in [-0.05, 0) is 62.6 Å². The minimum atomic E-state index is 1.01. The Morgan fingerprint density at radius 1 is 1.20 bits per heavy atom. The van der Waals surface area contributed by atoms with Crippen LogP contribution in [0.25, 0.3) is 0 Å². The van der Waals surface area contributed by atoms with Crippen LogP contribution in [0.2, 0.25) is 0 Å². The van der Waals surface area contributed by atoms with Crippen LogP contribution in [-0.4, -0.2) is 24.5 Å². The predicted molar refractivity (Wildman–Crippen MR) is 87.2 cm³/mol. The van der Waals surface area contributed by atoms with Gasteiger partial charge in [0.1, 0.15) is 0 Å². The Balaban J connectivity index is 1.58. The van der Waals surface area contributed by atoms with E-state index >= 15 is 0 Å². The number of hydrogen-bond acceptors (Lipinski definition) is 3. The van der Waals surface area contributed by atoms with Crippen LogP contribution >= 0.6 is 11.3 Å². The van der Waals surface area contributed by atoms with Crippen molar-refractivity contribution in [2.45, 2.75) is 52.6 Å². The van der Waals surface area contributed by atoms with Crippen LogP contribution in [-0.2, 0) is 13.1 Å². The average molecular weight is 292 g/mol. The number of hydrogen-bond donors (Lipinski definition) is 1. The van der Waals surface area contributed by atoms with E-state index in [0.717, 1.165) is 24.9 Å². The molecule has 0 aliphatic heterocycles. The topological polar surface area (TPSA) is 15.3 Å². The van der Waals surface area contributed by atoms with Crippen LogP contribution in [0, 0.1) is 18.8 Å². The highest BCUT2D eigenvalue weighted by Crippen LogP contribution is 2.35. The second-order valence-corrected chi connectivity index (χ2v) is 8.00. The second kappa shape index (κ2) is 6.59. The zero-order chi connectivity index (χ0) is 13.9. The molecule has 1 aromatic rings. The molecule has 0 unspecified atom stereocenters. The SMILES string of the molecule is CCNCc1cc(CN(CC2CC2)CC2CC2)c(C)s1. The Morgan fingerprint density at radius 3 is 2.40 bits per heavy atom. The van der Waals surface area contributed by atoms with Crippen LogP contribution in [0.5, 0.6) is 0 Å². The van der Waals surface area contributed by atoms with Crippen molar-refractivity contribution in [2.24, 2.45) is 11.8 Å². The van der Waals surface area contributed by atoms with Gasteiger partial charge in [-0.3, -0.25) is 4.90 Å². The van der Waals surface area contributed by atoms with Crippen LogP contribution in [0.4, 0.5) is 0 Å². The van der Waals surface area contributed by atoms with E-state index in [1.807, 2.05) is 11.3 Å². The lowest BCUT2D eigenvalue weighted by atomic mass is 10.2. The van der Waals surface area contributed by atoms with Gasteiger partial charge in [-0.15, -0.1) is 11.3 Å². The molecule has 20 heavy (non-hydrogen) atoms. The molecule has 0 radical (unpaired) electrons. The molecule has 0 saturated heterocycles. The standard InChI is InChI=1S/C17H28N2S/c1-3-18-9-17-8-16(13(2)20-17)12-19(10-14-4-5-14)11-15-6-7-15/h8,14-15,18H,3-7,9-12H2,1-2H3. The molecule has 0 bridgehead atoms. The van der Waals surface area contributed by atoms with Crippen molar-refractivity contribution in [3.8, 4) is 0 Å². The molecule has 1 heterocycles. The van der Waals surface area contributed by atoms with E-state index in [2.05, 4.69) is 30.1 Å². The molecule has 2 nitrogen and oxygen atoms in total. The monoisotopic (exact) mass is 292 g/mol. The lowest BCUT2D eigenvalue weighted by Crippen LogP contribution is -2.27. The van der Waals surface area contributed by atoms with Gasteiger partial charge < -0.3 is 5.32 Å². The maximum atomic E-state index is 3.44. The van der Waals surface area contributed by atoms with Crippen LogP contribution in [0.15, 0.2) is 6.07 Å². The molecule has 0 aromatic carbocycles. The van der Waals surface area contributed by atoms with E-state index in [-0.39, 0.29) is 0 Å². The Hall–Kier alpha value is -0.380. The van der Waals surface area contributed by atoms with Crippen molar-refractivity contribution in [1.82, 2.24) is 10.2 Å². The van der Waals surface area contributed by atoms with E-state index in [0.29, 0.717) is 0 Å². The minimum Gasteiger partial charge on any atom is -0.312 e. The van der Waals surface area contributed by atoms with Gasteiger partial charge in [0, 0.05) is 35.9 Å². The summed E-state index contributed by atoms with van der Waals surface area (Å²) < 4.78 is 0. The molecule has 1 aromatic heterocycles. The van der Waals surface area contributed by atoms with Gasteiger partial charge in [-0.25, -0.2) is 0 Å². The summed E-state index contributed by atoms with van der Waals surface area (Å²) in [6, 6.07) is 2.44. The first-order chi connectivity index (χ1) is 9.74. The van der Waals surface area contributed by atoms with Gasteiger partial charge in [0.05, 0.1) is 0 Å². The van der Waals surface area contributed by atoms with E-state index in [1.54, 1.807) is 5.56 Å². The van der Waals surface area contributed by atoms with Gasteiger partial charge in [-0.2, -0.15) is 0 Å². The van der Waals surface area contributed by atoms with Gasteiger partial charge in [0.2, 0.25) is 0 Å². The summed E-state index contributed by atoms with van der Waals surface area (Å²) >= 11 is 1.98. The highest BCUT2D eigenvalue weighted by molar-refractivity contribution is 7.12. The number of nitrogens with one attached hydrogen (secondary N) is 1. The molecule has 2 fully saturated rings. The summed E-state index contributed by atoms with van der Waals surface area (Å²) in [6.07, 6.45) is 5.87. The first-order valence-corrected chi connectivity index (χ1v) is 9.07. The third-order valence-corrected chi connectivity index (χ3v) is 5.53. The average Bonchev–Trinajstić information content (AvgIpc) is 3.32. The molecule has 1 N–H and O–H groups in total. The molecule has 0 atom stereocenters. The highest BCUT2D eigenvalue weighted by atomic mass is 32.1. The van der Waals surface area contributed by atoms with Crippen molar-refractivity contribution < 1.29 is 0 Å². The fraction of sp³-hybridized carbons (Fsp3) is 0.765. The molecular formula is C17H28N2S. The summed E-state index contributed by atoms with van der Waals surface area (Å²) in [6.45, 7) is 10.4. The predicted octanol–water partition coefficient (Wildman–Crippen LogP) is 3.79. The molecule has 3 rings (SSSR count). The fourth-order valence-electron chi connectivity index (χ4n) is 2.86. The summed E-state index contributed by atoms with van der Waals surface area (Å²) in [4.78, 5) is 5.76. The molecule has 2 aliphatic carbocycles. The third-order valence-electron chi connectivity index (χ3n) is 4.44. The summed E-state index contributed by atoms with van der Waals surface area (Å²) in [5.74, 6) is 2.02. The quantitative estimate of drug-likeness (QED) is 0.745. The molecule has 0 amide bonds. The van der Waals surface area contributed by atoms with Crippen LogP contribution < -0.4 is 5.32 Å². The van der Waals surface area contributed by atoms with E-state index in [1.165, 1.54) is 55.1 Å². The van der Waals surface area contributed by atoms with Gasteiger partial charge in [0.15, 0.2) is 0 Å². The first kappa shape index (κ1) is 14.6. The lowest BCUT2D eigenvalue weighted by molar-refractivity contribution is 0.244. The van der Waals surface area contributed by atoms with Gasteiger partial charge >= 0.3 is 0 Å². The smallest absolute Gasteiger partial charge is 0.0299 e. The number of aryl methyl sites for hydroxylation is 1. The van der Waals surface area contributed by atoms with Crippen molar-refractivity contribution in [1.29, 1.82) is 0 Å². The maximum absolute atomic E-state index is 3.44. The minimum absolute atomic E-state index is 1.01. The fourth-order valence-corrected chi connectivity index (χ4v) is 3.88. The Kier molecular flexibility index (Phi) is 4.79. The molecule has 2 saturated carbocycles. The van der Waals surface area contributed by atoms with Gasteiger partial charge in [0.25, 0.3) is 0 Å². The molecule has 112 valence electrons. The largest absolute Gasteiger partial charge is 0.312 e. The first-order valence-electron chi connectivity index (χ1n) is 8.26. The highest BCUT2D eigenvalue weighted by Gasteiger charge is 2.29. The van der Waals surface area contributed by atoms with Gasteiger partial charge in [-0.1, -0.05) is 6.92 Å². The Bertz CT molecular complexity index is 418.